The smallest absolute Gasteiger partial charge is 0.341 e. The Morgan fingerprint density at radius 1 is 1.27 bits per heavy atom. The number of rotatable bonds is 7. The van der Waals surface area contributed by atoms with E-state index in [-0.39, 0.29) is 6.61 Å². The summed E-state index contributed by atoms with van der Waals surface area (Å²) in [4.78, 5) is 17.3. The molecular weight excluding hydrogens is 282 g/mol. The van der Waals surface area contributed by atoms with Gasteiger partial charge in [0.25, 0.3) is 0 Å². The van der Waals surface area contributed by atoms with Gasteiger partial charge in [0, 0.05) is 5.56 Å². The standard InChI is InChI=1S/C17H23NO4/c1-12(2)13(3)18-22-10-14-8-6-7-9-15(14)16(11-20-4)17(19)21-5/h6-9,11-12H,10H2,1-5H3/b16-11+,18-13+. The second kappa shape index (κ2) is 8.87. The number of methoxy groups -OCH3 is 2. The molecule has 0 aliphatic heterocycles. The fraction of sp³-hybridized carbons (Fsp3) is 0.412. The fourth-order valence-electron chi connectivity index (χ4n) is 1.67. The highest BCUT2D eigenvalue weighted by Gasteiger charge is 2.16. The van der Waals surface area contributed by atoms with E-state index < -0.39 is 5.97 Å². The van der Waals surface area contributed by atoms with Crippen molar-refractivity contribution in [3.8, 4) is 0 Å². The monoisotopic (exact) mass is 305 g/mol. The summed E-state index contributed by atoms with van der Waals surface area (Å²) in [5, 5.41) is 4.08. The molecule has 1 aromatic carbocycles. The first-order valence-electron chi connectivity index (χ1n) is 7.07. The number of hydrogen-bond acceptors (Lipinski definition) is 5. The number of carbonyl (C=O) groups excluding carboxylic acids is 1. The number of nitrogens with zero attached hydrogens (tertiary/aromatic N) is 1. The zero-order valence-corrected chi connectivity index (χ0v) is 13.8. The van der Waals surface area contributed by atoms with E-state index in [1.54, 1.807) is 0 Å². The minimum Gasteiger partial charge on any atom is -0.503 e. The van der Waals surface area contributed by atoms with Crippen LogP contribution in [0.3, 0.4) is 0 Å². The topological polar surface area (TPSA) is 57.1 Å². The summed E-state index contributed by atoms with van der Waals surface area (Å²) < 4.78 is 9.77. The highest BCUT2D eigenvalue weighted by Crippen LogP contribution is 2.21. The summed E-state index contributed by atoms with van der Waals surface area (Å²) in [6.07, 6.45) is 1.37. The number of ether oxygens (including phenoxy) is 2. The number of esters is 1. The van der Waals surface area contributed by atoms with Gasteiger partial charge in [0.05, 0.1) is 26.2 Å². The van der Waals surface area contributed by atoms with Crippen LogP contribution in [-0.4, -0.2) is 25.9 Å². The molecule has 0 aromatic heterocycles. The van der Waals surface area contributed by atoms with Crippen molar-refractivity contribution in [1.29, 1.82) is 0 Å². The minimum absolute atomic E-state index is 0.262. The molecular formula is C17H23NO4. The molecule has 22 heavy (non-hydrogen) atoms. The Hall–Kier alpha value is -2.30. The van der Waals surface area contributed by atoms with Crippen molar-refractivity contribution in [2.75, 3.05) is 14.2 Å². The van der Waals surface area contributed by atoms with E-state index in [4.69, 9.17) is 14.3 Å². The van der Waals surface area contributed by atoms with Crippen LogP contribution in [0.25, 0.3) is 5.57 Å². The Bertz CT molecular complexity index is 562. The van der Waals surface area contributed by atoms with Crippen LogP contribution in [0.4, 0.5) is 0 Å². The zero-order chi connectivity index (χ0) is 16.5. The molecule has 5 heteroatoms. The summed E-state index contributed by atoms with van der Waals surface area (Å²) in [7, 11) is 2.82. The summed E-state index contributed by atoms with van der Waals surface area (Å²) in [5.41, 5.74) is 2.79. The van der Waals surface area contributed by atoms with Crippen LogP contribution in [-0.2, 0) is 25.7 Å². The molecule has 0 fully saturated rings. The van der Waals surface area contributed by atoms with Gasteiger partial charge in [-0.25, -0.2) is 4.79 Å². The zero-order valence-electron chi connectivity index (χ0n) is 13.8. The Morgan fingerprint density at radius 2 is 1.95 bits per heavy atom. The van der Waals surface area contributed by atoms with Crippen molar-refractivity contribution in [3.05, 3.63) is 41.7 Å². The molecule has 5 nitrogen and oxygen atoms in total. The molecule has 120 valence electrons. The van der Waals surface area contributed by atoms with Crippen molar-refractivity contribution < 1.29 is 19.1 Å². The molecule has 0 spiro atoms. The average molecular weight is 305 g/mol. The normalized spacial score (nSPS) is 12.3. The third-order valence-electron chi connectivity index (χ3n) is 3.21. The van der Waals surface area contributed by atoms with Crippen LogP contribution in [0.5, 0.6) is 0 Å². The van der Waals surface area contributed by atoms with E-state index in [1.807, 2.05) is 45.0 Å². The molecule has 1 rings (SSSR count). The fourth-order valence-corrected chi connectivity index (χ4v) is 1.67. The predicted molar refractivity (Wildman–Crippen MR) is 86.2 cm³/mol. The van der Waals surface area contributed by atoms with E-state index in [0.717, 1.165) is 11.3 Å². The first-order valence-corrected chi connectivity index (χ1v) is 7.07. The second-order valence-corrected chi connectivity index (χ2v) is 5.08. The number of benzene rings is 1. The van der Waals surface area contributed by atoms with E-state index in [1.165, 1.54) is 20.5 Å². The molecule has 0 saturated heterocycles. The van der Waals surface area contributed by atoms with Gasteiger partial charge in [-0.05, 0) is 18.4 Å². The highest BCUT2D eigenvalue weighted by atomic mass is 16.6. The number of hydrogen-bond donors (Lipinski definition) is 0. The van der Waals surface area contributed by atoms with Gasteiger partial charge in [0.2, 0.25) is 0 Å². The lowest BCUT2D eigenvalue weighted by Gasteiger charge is -2.11. The van der Waals surface area contributed by atoms with Crippen LogP contribution >= 0.6 is 0 Å². The highest BCUT2D eigenvalue weighted by molar-refractivity contribution is 6.16. The molecule has 0 radical (unpaired) electrons. The van der Waals surface area contributed by atoms with Crippen LogP contribution < -0.4 is 0 Å². The van der Waals surface area contributed by atoms with Gasteiger partial charge in [-0.2, -0.15) is 0 Å². The van der Waals surface area contributed by atoms with E-state index >= 15 is 0 Å². The van der Waals surface area contributed by atoms with Crippen molar-refractivity contribution in [2.45, 2.75) is 27.4 Å². The third kappa shape index (κ3) is 4.91. The Kier molecular flexibility index (Phi) is 7.16. The van der Waals surface area contributed by atoms with Crippen LogP contribution in [0.2, 0.25) is 0 Å². The van der Waals surface area contributed by atoms with Gasteiger partial charge in [-0.3, -0.25) is 0 Å². The minimum atomic E-state index is -0.462. The summed E-state index contributed by atoms with van der Waals surface area (Å²) in [6.45, 7) is 6.28. The SMILES string of the molecule is CO/C=C(/C(=O)OC)c1ccccc1CO/N=C(\C)C(C)C. The van der Waals surface area contributed by atoms with Crippen molar-refractivity contribution in [3.63, 3.8) is 0 Å². The molecule has 0 unspecified atom stereocenters. The first-order chi connectivity index (χ1) is 10.5. The lowest BCUT2D eigenvalue weighted by molar-refractivity contribution is -0.133. The lowest BCUT2D eigenvalue weighted by Crippen LogP contribution is -2.08. The van der Waals surface area contributed by atoms with Gasteiger partial charge in [-0.15, -0.1) is 0 Å². The molecule has 0 N–H and O–H groups in total. The van der Waals surface area contributed by atoms with Crippen molar-refractivity contribution in [1.82, 2.24) is 0 Å². The number of carbonyl (C=O) groups is 1. The molecule has 0 aliphatic rings. The van der Waals surface area contributed by atoms with Crippen molar-refractivity contribution in [2.24, 2.45) is 11.1 Å². The Labute approximate surface area is 131 Å². The van der Waals surface area contributed by atoms with Crippen LogP contribution in [0, 0.1) is 5.92 Å². The molecule has 0 atom stereocenters. The maximum atomic E-state index is 11.9. The van der Waals surface area contributed by atoms with Gasteiger partial charge in [0.1, 0.15) is 12.2 Å². The van der Waals surface area contributed by atoms with Gasteiger partial charge in [0.15, 0.2) is 0 Å². The second-order valence-electron chi connectivity index (χ2n) is 5.08. The number of oxime groups is 1. The van der Waals surface area contributed by atoms with Crippen LogP contribution in [0.15, 0.2) is 35.7 Å². The van der Waals surface area contributed by atoms with Crippen LogP contribution in [0.1, 0.15) is 31.9 Å². The maximum Gasteiger partial charge on any atom is 0.341 e. The lowest BCUT2D eigenvalue weighted by atomic mass is 10.0. The molecule has 0 heterocycles. The molecule has 1 aromatic rings. The van der Waals surface area contributed by atoms with Gasteiger partial charge in [-0.1, -0.05) is 43.3 Å². The molecule has 0 bridgehead atoms. The van der Waals surface area contributed by atoms with E-state index in [0.29, 0.717) is 17.1 Å². The third-order valence-corrected chi connectivity index (χ3v) is 3.21. The maximum absolute atomic E-state index is 11.9. The van der Waals surface area contributed by atoms with Gasteiger partial charge >= 0.3 is 5.97 Å². The predicted octanol–water partition coefficient (Wildman–Crippen LogP) is 3.40. The van der Waals surface area contributed by atoms with Gasteiger partial charge < -0.3 is 14.3 Å². The first kappa shape index (κ1) is 17.8. The molecule has 0 amide bonds. The van der Waals surface area contributed by atoms with E-state index in [2.05, 4.69) is 5.16 Å². The van der Waals surface area contributed by atoms with Crippen molar-refractivity contribution >= 4 is 17.3 Å². The summed E-state index contributed by atoms with van der Waals surface area (Å²) in [5.74, 6) is -0.134. The molecule has 0 aliphatic carbocycles. The Morgan fingerprint density at radius 3 is 2.55 bits per heavy atom. The van der Waals surface area contributed by atoms with E-state index in [9.17, 15) is 4.79 Å². The average Bonchev–Trinajstić information content (AvgIpc) is 2.52. The summed E-state index contributed by atoms with van der Waals surface area (Å²) in [6, 6.07) is 7.41. The quantitative estimate of drug-likeness (QED) is 0.255. The summed E-state index contributed by atoms with van der Waals surface area (Å²) >= 11 is 0. The molecule has 0 saturated carbocycles. The largest absolute Gasteiger partial charge is 0.503 e. The Balaban J connectivity index is 3.01.